The Morgan fingerprint density at radius 3 is 2.73 bits per heavy atom. The Hall–Kier alpha value is -2.49. The van der Waals surface area contributed by atoms with Gasteiger partial charge in [-0.25, -0.2) is 0 Å². The molecule has 0 aliphatic carbocycles. The van der Waals surface area contributed by atoms with Crippen molar-refractivity contribution in [3.8, 4) is 5.75 Å². The largest absolute Gasteiger partial charge is 0.493 e. The first kappa shape index (κ1) is 15.9. The van der Waals surface area contributed by atoms with Crippen LogP contribution in [0.5, 0.6) is 5.75 Å². The van der Waals surface area contributed by atoms with Crippen molar-refractivity contribution in [3.05, 3.63) is 53.6 Å². The number of carbonyl (C=O) groups excluding carboxylic acids is 1. The van der Waals surface area contributed by atoms with Crippen LogP contribution < -0.4 is 15.8 Å². The molecular formula is C18H22N2O2. The molecule has 0 radical (unpaired) electrons. The van der Waals surface area contributed by atoms with Crippen LogP contribution in [-0.2, 0) is 0 Å². The number of ether oxygens (including phenoxy) is 1. The van der Waals surface area contributed by atoms with E-state index in [1.165, 1.54) is 0 Å². The van der Waals surface area contributed by atoms with E-state index in [0.717, 1.165) is 11.3 Å². The summed E-state index contributed by atoms with van der Waals surface area (Å²) in [7, 11) is 0. The Balaban J connectivity index is 2.11. The predicted octanol–water partition coefficient (Wildman–Crippen LogP) is 3.86. The van der Waals surface area contributed by atoms with Crippen molar-refractivity contribution in [1.29, 1.82) is 0 Å². The van der Waals surface area contributed by atoms with Crippen LogP contribution in [0.3, 0.4) is 0 Å². The number of hydrogen-bond acceptors (Lipinski definition) is 3. The number of nitrogens with two attached hydrogens (primary N) is 1. The van der Waals surface area contributed by atoms with Gasteiger partial charge in [0.05, 0.1) is 6.61 Å². The lowest BCUT2D eigenvalue weighted by Gasteiger charge is -2.11. The Kier molecular flexibility index (Phi) is 5.04. The molecule has 4 heteroatoms. The van der Waals surface area contributed by atoms with Gasteiger partial charge in [0.1, 0.15) is 5.75 Å². The van der Waals surface area contributed by atoms with E-state index in [-0.39, 0.29) is 5.91 Å². The Bertz CT molecular complexity index is 666. The molecule has 0 atom stereocenters. The van der Waals surface area contributed by atoms with Gasteiger partial charge in [0, 0.05) is 23.0 Å². The zero-order chi connectivity index (χ0) is 16.1. The van der Waals surface area contributed by atoms with E-state index in [1.807, 2.05) is 37.3 Å². The smallest absolute Gasteiger partial charge is 0.256 e. The number of rotatable bonds is 5. The standard InChI is InChI=1S/C18H22N2O2/c1-12(2)11-22-16-6-4-5-15(10-16)20-18(21)17-9-14(19)8-7-13(17)3/h4-10,12H,11,19H2,1-3H3,(H,20,21). The lowest BCUT2D eigenvalue weighted by atomic mass is 10.1. The zero-order valence-electron chi connectivity index (χ0n) is 13.2. The van der Waals surface area contributed by atoms with Crippen molar-refractivity contribution in [2.75, 3.05) is 17.7 Å². The first-order valence-electron chi connectivity index (χ1n) is 7.36. The van der Waals surface area contributed by atoms with Gasteiger partial charge in [-0.3, -0.25) is 4.79 Å². The van der Waals surface area contributed by atoms with E-state index >= 15 is 0 Å². The van der Waals surface area contributed by atoms with E-state index in [1.54, 1.807) is 12.1 Å². The number of nitrogen functional groups attached to an aromatic ring is 1. The molecule has 4 nitrogen and oxygen atoms in total. The van der Waals surface area contributed by atoms with Crippen LogP contribution in [-0.4, -0.2) is 12.5 Å². The molecule has 2 rings (SSSR count). The number of amides is 1. The molecule has 0 aliphatic heterocycles. The van der Waals surface area contributed by atoms with Gasteiger partial charge < -0.3 is 15.8 Å². The maximum absolute atomic E-state index is 12.4. The summed E-state index contributed by atoms with van der Waals surface area (Å²) in [6, 6.07) is 12.7. The minimum absolute atomic E-state index is 0.175. The van der Waals surface area contributed by atoms with Gasteiger partial charge in [-0.1, -0.05) is 26.0 Å². The molecule has 3 N–H and O–H groups in total. The molecular weight excluding hydrogens is 276 g/mol. The zero-order valence-corrected chi connectivity index (χ0v) is 13.2. The molecule has 2 aromatic rings. The fraction of sp³-hybridized carbons (Fsp3) is 0.278. The molecule has 1 amide bonds. The van der Waals surface area contributed by atoms with Crippen molar-refractivity contribution in [2.45, 2.75) is 20.8 Å². The Morgan fingerprint density at radius 1 is 1.23 bits per heavy atom. The second-order valence-corrected chi connectivity index (χ2v) is 5.76. The third-order valence-electron chi connectivity index (χ3n) is 3.18. The normalized spacial score (nSPS) is 10.5. The topological polar surface area (TPSA) is 64.4 Å². The van der Waals surface area contributed by atoms with Crippen molar-refractivity contribution < 1.29 is 9.53 Å². The highest BCUT2D eigenvalue weighted by Gasteiger charge is 2.10. The van der Waals surface area contributed by atoms with Gasteiger partial charge in [-0.05, 0) is 42.7 Å². The van der Waals surface area contributed by atoms with Crippen LogP contribution in [0.4, 0.5) is 11.4 Å². The van der Waals surface area contributed by atoms with E-state index in [9.17, 15) is 4.79 Å². The maximum atomic E-state index is 12.4. The third kappa shape index (κ3) is 4.25. The van der Waals surface area contributed by atoms with E-state index in [2.05, 4.69) is 19.2 Å². The molecule has 0 spiro atoms. The lowest BCUT2D eigenvalue weighted by molar-refractivity contribution is 0.102. The average Bonchev–Trinajstić information content (AvgIpc) is 2.48. The molecule has 0 aliphatic rings. The van der Waals surface area contributed by atoms with E-state index in [0.29, 0.717) is 29.5 Å². The van der Waals surface area contributed by atoms with E-state index < -0.39 is 0 Å². The molecule has 0 bridgehead atoms. The van der Waals surface area contributed by atoms with Crippen LogP contribution in [0.2, 0.25) is 0 Å². The number of benzene rings is 2. The van der Waals surface area contributed by atoms with Gasteiger partial charge in [0.2, 0.25) is 0 Å². The summed E-state index contributed by atoms with van der Waals surface area (Å²) in [5.41, 5.74) is 8.49. The second-order valence-electron chi connectivity index (χ2n) is 5.76. The first-order chi connectivity index (χ1) is 10.5. The van der Waals surface area contributed by atoms with Gasteiger partial charge in [0.15, 0.2) is 0 Å². The summed E-state index contributed by atoms with van der Waals surface area (Å²) in [6.07, 6.45) is 0. The van der Waals surface area contributed by atoms with Gasteiger partial charge in [-0.2, -0.15) is 0 Å². The molecule has 0 heterocycles. The van der Waals surface area contributed by atoms with Crippen LogP contribution >= 0.6 is 0 Å². The molecule has 0 fully saturated rings. The molecule has 116 valence electrons. The average molecular weight is 298 g/mol. The number of aryl methyl sites for hydroxylation is 1. The van der Waals surface area contributed by atoms with Crippen molar-refractivity contribution in [1.82, 2.24) is 0 Å². The van der Waals surface area contributed by atoms with Crippen LogP contribution in [0.1, 0.15) is 29.8 Å². The molecule has 0 aromatic heterocycles. The molecule has 22 heavy (non-hydrogen) atoms. The molecule has 0 saturated heterocycles. The number of anilines is 2. The van der Waals surface area contributed by atoms with Crippen LogP contribution in [0, 0.1) is 12.8 Å². The summed E-state index contributed by atoms with van der Waals surface area (Å²) < 4.78 is 5.67. The summed E-state index contributed by atoms with van der Waals surface area (Å²) in [5.74, 6) is 1.02. The highest BCUT2D eigenvalue weighted by Crippen LogP contribution is 2.20. The summed E-state index contributed by atoms with van der Waals surface area (Å²) >= 11 is 0. The van der Waals surface area contributed by atoms with Crippen LogP contribution in [0.15, 0.2) is 42.5 Å². The maximum Gasteiger partial charge on any atom is 0.256 e. The highest BCUT2D eigenvalue weighted by molar-refractivity contribution is 6.05. The molecule has 0 saturated carbocycles. The van der Waals surface area contributed by atoms with Gasteiger partial charge in [0.25, 0.3) is 5.91 Å². The van der Waals surface area contributed by atoms with Crippen LogP contribution in [0.25, 0.3) is 0 Å². The van der Waals surface area contributed by atoms with Gasteiger partial charge >= 0.3 is 0 Å². The number of carbonyl (C=O) groups is 1. The van der Waals surface area contributed by atoms with Crippen molar-refractivity contribution in [3.63, 3.8) is 0 Å². The fourth-order valence-electron chi connectivity index (χ4n) is 2.01. The molecule has 0 unspecified atom stereocenters. The highest BCUT2D eigenvalue weighted by atomic mass is 16.5. The second kappa shape index (κ2) is 6.98. The lowest BCUT2D eigenvalue weighted by Crippen LogP contribution is -2.14. The Labute approximate surface area is 131 Å². The fourth-order valence-corrected chi connectivity index (χ4v) is 2.01. The first-order valence-corrected chi connectivity index (χ1v) is 7.36. The minimum Gasteiger partial charge on any atom is -0.493 e. The predicted molar refractivity (Wildman–Crippen MR) is 90.3 cm³/mol. The van der Waals surface area contributed by atoms with Gasteiger partial charge in [-0.15, -0.1) is 0 Å². The monoisotopic (exact) mass is 298 g/mol. The SMILES string of the molecule is Cc1ccc(N)cc1C(=O)Nc1cccc(OCC(C)C)c1. The van der Waals surface area contributed by atoms with Crippen molar-refractivity contribution >= 4 is 17.3 Å². The number of nitrogens with one attached hydrogen (secondary N) is 1. The quantitative estimate of drug-likeness (QED) is 0.824. The minimum atomic E-state index is -0.175. The summed E-state index contributed by atoms with van der Waals surface area (Å²) in [4.78, 5) is 12.4. The summed E-state index contributed by atoms with van der Waals surface area (Å²) in [6.45, 7) is 6.71. The molecule has 2 aromatic carbocycles. The van der Waals surface area contributed by atoms with E-state index in [4.69, 9.17) is 10.5 Å². The third-order valence-corrected chi connectivity index (χ3v) is 3.18. The van der Waals surface area contributed by atoms with Crippen molar-refractivity contribution in [2.24, 2.45) is 5.92 Å². The Morgan fingerprint density at radius 2 is 2.00 bits per heavy atom. The number of hydrogen-bond donors (Lipinski definition) is 2. The summed E-state index contributed by atoms with van der Waals surface area (Å²) in [5, 5.41) is 2.88.